The predicted molar refractivity (Wildman–Crippen MR) is 106 cm³/mol. The summed E-state index contributed by atoms with van der Waals surface area (Å²) in [4.78, 5) is 28.6. The Morgan fingerprint density at radius 1 is 1.15 bits per heavy atom. The van der Waals surface area contributed by atoms with Gasteiger partial charge in [0, 0.05) is 23.1 Å². The zero-order valence-electron chi connectivity index (χ0n) is 16.5. The number of anilines is 1. The Balaban J connectivity index is 1.71. The fourth-order valence-electron chi connectivity index (χ4n) is 3.15. The van der Waals surface area contributed by atoms with Crippen molar-refractivity contribution in [1.29, 1.82) is 0 Å². The number of carbonyl (C=O) groups is 2. The molecule has 2 saturated carbocycles. The van der Waals surface area contributed by atoms with Crippen LogP contribution < -0.4 is 10.6 Å². The number of hydrogen-bond acceptors (Lipinski definition) is 3. The summed E-state index contributed by atoms with van der Waals surface area (Å²) in [5, 5.41) is 6.04. The molecule has 144 valence electrons. The average Bonchev–Trinajstić information content (AvgIpc) is 3.46. The van der Waals surface area contributed by atoms with Crippen LogP contribution in [0, 0.1) is 23.2 Å². The summed E-state index contributed by atoms with van der Waals surface area (Å²) >= 11 is 0. The number of nitrogens with one attached hydrogen (secondary N) is 2. The Hall–Kier alpha value is -2.35. The minimum Gasteiger partial charge on any atom is -0.339 e. The van der Waals surface area contributed by atoms with Crippen LogP contribution in [0.5, 0.6) is 0 Å². The van der Waals surface area contributed by atoms with Gasteiger partial charge in [-0.3, -0.25) is 9.59 Å². The molecule has 2 N–H and O–H groups in total. The molecule has 3 rings (SSSR count). The Bertz CT molecular complexity index is 755. The number of rotatable bonds is 3. The Labute approximate surface area is 161 Å². The molecule has 2 amide bonds. The summed E-state index contributed by atoms with van der Waals surface area (Å²) in [5.41, 5.74) is -0.106. The van der Waals surface area contributed by atoms with Crippen molar-refractivity contribution >= 4 is 17.6 Å². The molecule has 2 aliphatic carbocycles. The van der Waals surface area contributed by atoms with Gasteiger partial charge in [0.15, 0.2) is 0 Å². The van der Waals surface area contributed by atoms with E-state index in [2.05, 4.69) is 27.5 Å². The maximum absolute atomic E-state index is 12.5. The lowest BCUT2D eigenvalue weighted by atomic mass is 9.80. The van der Waals surface area contributed by atoms with E-state index in [4.69, 9.17) is 0 Å². The minimum absolute atomic E-state index is 0.0370. The summed E-state index contributed by atoms with van der Waals surface area (Å²) in [6, 6.07) is 3.65. The monoisotopic (exact) mass is 367 g/mol. The Morgan fingerprint density at radius 3 is 2.41 bits per heavy atom. The van der Waals surface area contributed by atoms with E-state index >= 15 is 0 Å². The number of pyridine rings is 1. The minimum atomic E-state index is -0.457. The number of nitrogens with zero attached hydrogens (tertiary/aromatic N) is 1. The molecule has 0 unspecified atom stereocenters. The first kappa shape index (κ1) is 19.4. The normalized spacial score (nSPS) is 18.8. The van der Waals surface area contributed by atoms with Gasteiger partial charge in [-0.05, 0) is 37.8 Å². The highest BCUT2D eigenvalue weighted by atomic mass is 16.2. The second-order valence-electron chi connectivity index (χ2n) is 8.79. The second-order valence-corrected chi connectivity index (χ2v) is 8.79. The molecule has 0 spiro atoms. The van der Waals surface area contributed by atoms with Crippen molar-refractivity contribution in [1.82, 2.24) is 10.3 Å². The predicted octanol–water partition coefficient (Wildman–Crippen LogP) is 3.65. The van der Waals surface area contributed by atoms with Crippen LogP contribution >= 0.6 is 0 Å². The molecule has 5 heteroatoms. The van der Waals surface area contributed by atoms with E-state index in [1.165, 1.54) is 6.42 Å². The molecule has 2 fully saturated rings. The van der Waals surface area contributed by atoms with Gasteiger partial charge < -0.3 is 10.6 Å². The molecular weight excluding hydrogens is 338 g/mol. The van der Waals surface area contributed by atoms with E-state index < -0.39 is 11.0 Å². The van der Waals surface area contributed by atoms with E-state index in [1.54, 1.807) is 12.3 Å². The second kappa shape index (κ2) is 7.72. The maximum atomic E-state index is 12.5. The van der Waals surface area contributed by atoms with E-state index in [-0.39, 0.29) is 17.7 Å². The van der Waals surface area contributed by atoms with Crippen LogP contribution in [-0.2, 0) is 9.59 Å². The van der Waals surface area contributed by atoms with Crippen LogP contribution in [0.25, 0.3) is 0 Å². The zero-order valence-corrected chi connectivity index (χ0v) is 16.5. The van der Waals surface area contributed by atoms with Crippen molar-refractivity contribution in [2.75, 3.05) is 5.32 Å². The first-order valence-corrected chi connectivity index (χ1v) is 9.90. The largest absolute Gasteiger partial charge is 0.339 e. The maximum Gasteiger partial charge on any atom is 0.228 e. The fourth-order valence-corrected chi connectivity index (χ4v) is 3.15. The van der Waals surface area contributed by atoms with Gasteiger partial charge in [-0.2, -0.15) is 0 Å². The van der Waals surface area contributed by atoms with Gasteiger partial charge in [-0.15, -0.1) is 0 Å². The van der Waals surface area contributed by atoms with Gasteiger partial charge in [0.1, 0.15) is 11.4 Å². The van der Waals surface area contributed by atoms with Crippen LogP contribution in [0.2, 0.25) is 0 Å². The van der Waals surface area contributed by atoms with E-state index in [9.17, 15) is 9.59 Å². The van der Waals surface area contributed by atoms with Crippen LogP contribution in [0.15, 0.2) is 18.3 Å². The molecule has 27 heavy (non-hydrogen) atoms. The third-order valence-corrected chi connectivity index (χ3v) is 5.15. The van der Waals surface area contributed by atoms with Gasteiger partial charge in [-0.25, -0.2) is 4.98 Å². The average molecular weight is 367 g/mol. The molecule has 0 radical (unpaired) electrons. The summed E-state index contributed by atoms with van der Waals surface area (Å²) in [7, 11) is 0. The highest BCUT2D eigenvalue weighted by molar-refractivity contribution is 5.93. The highest BCUT2D eigenvalue weighted by Gasteiger charge is 2.35. The van der Waals surface area contributed by atoms with Gasteiger partial charge >= 0.3 is 0 Å². The first-order chi connectivity index (χ1) is 12.8. The van der Waals surface area contributed by atoms with E-state index in [0.717, 1.165) is 44.1 Å². The van der Waals surface area contributed by atoms with Gasteiger partial charge in [-0.1, -0.05) is 51.9 Å². The first-order valence-electron chi connectivity index (χ1n) is 9.90. The summed E-state index contributed by atoms with van der Waals surface area (Å²) < 4.78 is 0. The lowest BCUT2D eigenvalue weighted by Crippen LogP contribution is -2.52. The van der Waals surface area contributed by atoms with Gasteiger partial charge in [0.2, 0.25) is 11.8 Å². The van der Waals surface area contributed by atoms with Crippen molar-refractivity contribution in [3.8, 4) is 11.8 Å². The molecule has 0 aromatic carbocycles. The summed E-state index contributed by atoms with van der Waals surface area (Å²) in [5.74, 6) is 7.32. The Morgan fingerprint density at radius 2 is 1.85 bits per heavy atom. The lowest BCUT2D eigenvalue weighted by Gasteiger charge is -2.35. The SMILES string of the molecule is CC(C)(C)C(=O)NC1(C#Cc2ccc(NC(=O)C3CC3)nc2)CCCCC1. The molecule has 0 atom stereocenters. The molecular formula is C22H29N3O2. The van der Waals surface area contributed by atoms with Gasteiger partial charge in [0.05, 0.1) is 0 Å². The molecule has 2 aliphatic rings. The summed E-state index contributed by atoms with van der Waals surface area (Å²) in [6.07, 6.45) is 8.71. The number of hydrogen-bond donors (Lipinski definition) is 2. The lowest BCUT2D eigenvalue weighted by molar-refractivity contribution is -0.130. The van der Waals surface area contributed by atoms with Crippen molar-refractivity contribution in [2.45, 2.75) is 71.3 Å². The fraction of sp³-hybridized carbons (Fsp3) is 0.591. The van der Waals surface area contributed by atoms with Gasteiger partial charge in [0.25, 0.3) is 0 Å². The van der Waals surface area contributed by atoms with Crippen molar-refractivity contribution in [3.63, 3.8) is 0 Å². The van der Waals surface area contributed by atoms with Crippen molar-refractivity contribution in [3.05, 3.63) is 23.9 Å². The highest BCUT2D eigenvalue weighted by Crippen LogP contribution is 2.30. The van der Waals surface area contributed by atoms with Crippen LogP contribution in [-0.4, -0.2) is 22.3 Å². The Kier molecular flexibility index (Phi) is 5.55. The molecule has 0 bridgehead atoms. The van der Waals surface area contributed by atoms with Crippen LogP contribution in [0.3, 0.4) is 0 Å². The molecule has 0 saturated heterocycles. The van der Waals surface area contributed by atoms with Crippen molar-refractivity contribution < 1.29 is 9.59 Å². The molecule has 0 aliphatic heterocycles. The standard InChI is InChI=1S/C22H29N3O2/c1-21(2,3)20(27)25-22(12-5-4-6-13-22)14-11-16-7-10-18(23-15-16)24-19(26)17-8-9-17/h7,10,15,17H,4-6,8-9,12-13H2,1-3H3,(H,25,27)(H,23,24,26). The van der Waals surface area contributed by atoms with Crippen LogP contribution in [0.4, 0.5) is 5.82 Å². The smallest absolute Gasteiger partial charge is 0.228 e. The molecule has 1 aromatic heterocycles. The zero-order chi connectivity index (χ0) is 19.5. The van der Waals surface area contributed by atoms with Crippen molar-refractivity contribution in [2.24, 2.45) is 11.3 Å². The summed E-state index contributed by atoms with van der Waals surface area (Å²) in [6.45, 7) is 5.76. The third kappa shape index (κ3) is 5.32. The third-order valence-electron chi connectivity index (χ3n) is 5.15. The quantitative estimate of drug-likeness (QED) is 0.801. The number of aromatic nitrogens is 1. The number of carbonyl (C=O) groups excluding carboxylic acids is 2. The topological polar surface area (TPSA) is 71.1 Å². The van der Waals surface area contributed by atoms with E-state index in [0.29, 0.717) is 5.82 Å². The number of amides is 2. The van der Waals surface area contributed by atoms with E-state index in [1.807, 2.05) is 26.8 Å². The molecule has 1 aromatic rings. The molecule has 1 heterocycles. The molecule has 5 nitrogen and oxygen atoms in total. The van der Waals surface area contributed by atoms with Crippen LogP contribution in [0.1, 0.15) is 71.3 Å².